The van der Waals surface area contributed by atoms with E-state index in [0.29, 0.717) is 26.1 Å². The minimum absolute atomic E-state index is 0.106. The van der Waals surface area contributed by atoms with Gasteiger partial charge in [-0.25, -0.2) is 4.39 Å². The number of hydrogen-bond acceptors (Lipinski definition) is 3. The second-order valence-electron chi connectivity index (χ2n) is 4.63. The van der Waals surface area contributed by atoms with Crippen molar-refractivity contribution >= 4 is 5.97 Å². The summed E-state index contributed by atoms with van der Waals surface area (Å²) in [5.41, 5.74) is 6.55. The van der Waals surface area contributed by atoms with Crippen molar-refractivity contribution in [1.82, 2.24) is 4.90 Å². The van der Waals surface area contributed by atoms with Crippen LogP contribution < -0.4 is 5.73 Å². The lowest BCUT2D eigenvalue weighted by molar-refractivity contribution is -0.141. The van der Waals surface area contributed by atoms with Crippen molar-refractivity contribution in [2.75, 3.05) is 19.6 Å². The van der Waals surface area contributed by atoms with Crippen LogP contribution in [-0.2, 0) is 4.79 Å². The van der Waals surface area contributed by atoms with Crippen LogP contribution in [0.3, 0.4) is 0 Å². The summed E-state index contributed by atoms with van der Waals surface area (Å²) in [5.74, 6) is -1.40. The molecule has 4 nitrogen and oxygen atoms in total. The molecular formula is C13H17FN2O2. The molecule has 2 atom stereocenters. The highest BCUT2D eigenvalue weighted by Crippen LogP contribution is 2.27. The fraction of sp³-hybridized carbons (Fsp3) is 0.462. The van der Waals surface area contributed by atoms with Gasteiger partial charge in [0.2, 0.25) is 0 Å². The van der Waals surface area contributed by atoms with Gasteiger partial charge in [-0.15, -0.1) is 0 Å². The van der Waals surface area contributed by atoms with Crippen LogP contribution in [0.4, 0.5) is 4.39 Å². The standard InChI is InChI=1S/C13H17FN2O2/c14-11-3-1-2-9(6-11)12(7-15)16-5-4-10(8-16)13(17)18/h1-3,6,10,12H,4-5,7-8,15H2,(H,17,18). The summed E-state index contributed by atoms with van der Waals surface area (Å²) >= 11 is 0. The Morgan fingerprint density at radius 3 is 2.94 bits per heavy atom. The number of carboxylic acid groups (broad SMARTS) is 1. The topological polar surface area (TPSA) is 66.6 Å². The van der Waals surface area contributed by atoms with Crippen LogP contribution in [0.25, 0.3) is 0 Å². The van der Waals surface area contributed by atoms with E-state index in [1.165, 1.54) is 12.1 Å². The average molecular weight is 252 g/mol. The smallest absolute Gasteiger partial charge is 0.307 e. The summed E-state index contributed by atoms with van der Waals surface area (Å²) < 4.78 is 13.2. The Morgan fingerprint density at radius 1 is 1.61 bits per heavy atom. The van der Waals surface area contributed by atoms with Gasteiger partial charge < -0.3 is 10.8 Å². The van der Waals surface area contributed by atoms with E-state index < -0.39 is 5.97 Å². The van der Waals surface area contributed by atoms with E-state index in [4.69, 9.17) is 10.8 Å². The molecule has 1 heterocycles. The molecule has 0 spiro atoms. The van der Waals surface area contributed by atoms with Gasteiger partial charge in [0, 0.05) is 19.1 Å². The summed E-state index contributed by atoms with van der Waals surface area (Å²) in [5, 5.41) is 8.98. The van der Waals surface area contributed by atoms with E-state index in [-0.39, 0.29) is 17.8 Å². The summed E-state index contributed by atoms with van der Waals surface area (Å²) in [7, 11) is 0. The largest absolute Gasteiger partial charge is 0.481 e. The third-order valence-electron chi connectivity index (χ3n) is 3.47. The Kier molecular flexibility index (Phi) is 3.93. The maximum atomic E-state index is 13.2. The van der Waals surface area contributed by atoms with Crippen molar-refractivity contribution in [3.63, 3.8) is 0 Å². The average Bonchev–Trinajstić information content (AvgIpc) is 2.80. The SMILES string of the molecule is NCC(c1cccc(F)c1)N1CCC(C(=O)O)C1. The van der Waals surface area contributed by atoms with Crippen molar-refractivity contribution in [2.45, 2.75) is 12.5 Å². The first-order valence-corrected chi connectivity index (χ1v) is 6.04. The molecule has 0 bridgehead atoms. The number of halogens is 1. The fourth-order valence-electron chi connectivity index (χ4n) is 2.48. The molecular weight excluding hydrogens is 235 g/mol. The number of carbonyl (C=O) groups is 1. The summed E-state index contributed by atoms with van der Waals surface area (Å²) in [6, 6.07) is 6.23. The van der Waals surface area contributed by atoms with Gasteiger partial charge in [0.25, 0.3) is 0 Å². The van der Waals surface area contributed by atoms with Crippen molar-refractivity contribution < 1.29 is 14.3 Å². The van der Waals surface area contributed by atoms with Crippen molar-refractivity contribution in [2.24, 2.45) is 11.7 Å². The van der Waals surface area contributed by atoms with Crippen molar-refractivity contribution in [1.29, 1.82) is 0 Å². The van der Waals surface area contributed by atoms with E-state index in [0.717, 1.165) is 5.56 Å². The highest BCUT2D eigenvalue weighted by molar-refractivity contribution is 5.70. The van der Waals surface area contributed by atoms with E-state index >= 15 is 0 Å². The lowest BCUT2D eigenvalue weighted by atomic mass is 10.1. The zero-order valence-corrected chi connectivity index (χ0v) is 10.1. The maximum Gasteiger partial charge on any atom is 0.307 e. The number of nitrogens with two attached hydrogens (primary N) is 1. The van der Waals surface area contributed by atoms with Gasteiger partial charge in [-0.2, -0.15) is 0 Å². The molecule has 2 unspecified atom stereocenters. The predicted octanol–water partition coefficient (Wildman–Crippen LogP) is 1.23. The molecule has 1 aliphatic rings. The highest BCUT2D eigenvalue weighted by Gasteiger charge is 2.32. The van der Waals surface area contributed by atoms with E-state index in [1.807, 2.05) is 11.0 Å². The van der Waals surface area contributed by atoms with Crippen molar-refractivity contribution in [3.05, 3.63) is 35.6 Å². The molecule has 0 aromatic heterocycles. The molecule has 5 heteroatoms. The second kappa shape index (κ2) is 5.46. The quantitative estimate of drug-likeness (QED) is 0.846. The number of likely N-dealkylation sites (tertiary alicyclic amines) is 1. The van der Waals surface area contributed by atoms with Gasteiger partial charge in [0.1, 0.15) is 5.82 Å². The Bertz CT molecular complexity index is 439. The van der Waals surface area contributed by atoms with Crippen LogP contribution in [0, 0.1) is 11.7 Å². The van der Waals surface area contributed by atoms with Crippen molar-refractivity contribution in [3.8, 4) is 0 Å². The zero-order chi connectivity index (χ0) is 13.1. The monoisotopic (exact) mass is 252 g/mol. The van der Waals surface area contributed by atoms with Crippen LogP contribution in [0.5, 0.6) is 0 Å². The molecule has 1 saturated heterocycles. The first-order valence-electron chi connectivity index (χ1n) is 6.04. The number of rotatable bonds is 4. The minimum Gasteiger partial charge on any atom is -0.481 e. The van der Waals surface area contributed by atoms with E-state index in [9.17, 15) is 9.18 Å². The van der Waals surface area contributed by atoms with Gasteiger partial charge in [-0.3, -0.25) is 9.69 Å². The molecule has 0 aliphatic carbocycles. The molecule has 18 heavy (non-hydrogen) atoms. The molecule has 1 aliphatic heterocycles. The predicted molar refractivity (Wildman–Crippen MR) is 65.5 cm³/mol. The van der Waals surface area contributed by atoms with Crippen LogP contribution in [0.15, 0.2) is 24.3 Å². The Hall–Kier alpha value is -1.46. The summed E-state index contributed by atoms with van der Waals surface area (Å²) in [4.78, 5) is 13.0. The molecule has 0 saturated carbocycles. The van der Waals surface area contributed by atoms with Gasteiger partial charge in [0.05, 0.1) is 5.92 Å². The molecule has 2 rings (SSSR count). The van der Waals surface area contributed by atoms with Crippen LogP contribution >= 0.6 is 0 Å². The highest BCUT2D eigenvalue weighted by atomic mass is 19.1. The Morgan fingerprint density at radius 2 is 2.39 bits per heavy atom. The van der Waals surface area contributed by atoms with Gasteiger partial charge in [0.15, 0.2) is 0 Å². The van der Waals surface area contributed by atoms with Crippen LogP contribution in [-0.4, -0.2) is 35.6 Å². The third kappa shape index (κ3) is 2.68. The van der Waals surface area contributed by atoms with Gasteiger partial charge >= 0.3 is 5.97 Å². The molecule has 1 fully saturated rings. The van der Waals surface area contributed by atoms with Crippen LogP contribution in [0.2, 0.25) is 0 Å². The number of hydrogen-bond donors (Lipinski definition) is 2. The fourth-order valence-corrected chi connectivity index (χ4v) is 2.48. The minimum atomic E-state index is -0.771. The maximum absolute atomic E-state index is 13.2. The molecule has 0 radical (unpaired) electrons. The zero-order valence-electron chi connectivity index (χ0n) is 10.1. The van der Waals surface area contributed by atoms with Gasteiger partial charge in [-0.1, -0.05) is 12.1 Å². The number of aliphatic carboxylic acids is 1. The van der Waals surface area contributed by atoms with E-state index in [1.54, 1.807) is 6.07 Å². The number of benzene rings is 1. The third-order valence-corrected chi connectivity index (χ3v) is 3.47. The lowest BCUT2D eigenvalue weighted by Gasteiger charge is -2.26. The molecule has 98 valence electrons. The second-order valence-corrected chi connectivity index (χ2v) is 4.63. The molecule has 1 aromatic carbocycles. The lowest BCUT2D eigenvalue weighted by Crippen LogP contribution is -2.33. The molecule has 0 amide bonds. The molecule has 3 N–H and O–H groups in total. The Balaban J connectivity index is 2.13. The number of nitrogens with zero attached hydrogens (tertiary/aromatic N) is 1. The molecule has 1 aromatic rings. The first-order chi connectivity index (χ1) is 8.61. The normalized spacial score (nSPS) is 22.0. The van der Waals surface area contributed by atoms with Gasteiger partial charge in [-0.05, 0) is 30.7 Å². The van der Waals surface area contributed by atoms with Crippen LogP contribution in [0.1, 0.15) is 18.0 Å². The van der Waals surface area contributed by atoms with E-state index in [2.05, 4.69) is 0 Å². The summed E-state index contributed by atoms with van der Waals surface area (Å²) in [6.45, 7) is 1.53. The first kappa shape index (κ1) is 13.0. The Labute approximate surface area is 105 Å². The summed E-state index contributed by atoms with van der Waals surface area (Å²) in [6.07, 6.45) is 0.626. The number of carboxylic acids is 1.